The van der Waals surface area contributed by atoms with Crippen LogP contribution in [0, 0.1) is 6.92 Å². The van der Waals surface area contributed by atoms with Crippen LogP contribution >= 0.6 is 11.8 Å². The van der Waals surface area contributed by atoms with Crippen molar-refractivity contribution < 1.29 is 9.59 Å². The molecule has 2 amide bonds. The summed E-state index contributed by atoms with van der Waals surface area (Å²) in [4.78, 5) is 29.0. The summed E-state index contributed by atoms with van der Waals surface area (Å²) in [5.41, 5.74) is 3.23. The Hall–Kier alpha value is -2.34. The van der Waals surface area contributed by atoms with Gasteiger partial charge in [0.25, 0.3) is 0 Å². The van der Waals surface area contributed by atoms with Gasteiger partial charge in [0.05, 0.1) is 17.4 Å². The Labute approximate surface area is 138 Å². The first-order valence-corrected chi connectivity index (χ1v) is 8.22. The molecule has 1 aromatic carbocycles. The molecule has 0 saturated heterocycles. The Morgan fingerprint density at radius 2 is 2.17 bits per heavy atom. The molecule has 3 rings (SSSR count). The van der Waals surface area contributed by atoms with Gasteiger partial charge in [-0.2, -0.15) is 0 Å². The number of nitrogens with one attached hydrogen (secondary N) is 2. The Morgan fingerprint density at radius 3 is 2.96 bits per heavy atom. The van der Waals surface area contributed by atoms with E-state index in [9.17, 15) is 9.59 Å². The van der Waals surface area contributed by atoms with Crippen molar-refractivity contribution in [3.63, 3.8) is 0 Å². The predicted octanol–water partition coefficient (Wildman–Crippen LogP) is 3.00. The smallest absolute Gasteiger partial charge is 0.237 e. The van der Waals surface area contributed by atoms with Crippen LogP contribution in [0.3, 0.4) is 0 Å². The maximum absolute atomic E-state index is 12.2. The number of amides is 2. The van der Waals surface area contributed by atoms with Gasteiger partial charge in [-0.1, -0.05) is 6.07 Å². The van der Waals surface area contributed by atoms with Crippen LogP contribution in [0.15, 0.2) is 41.4 Å². The average Bonchev–Trinajstić information content (AvgIpc) is 2.48. The van der Waals surface area contributed by atoms with Crippen molar-refractivity contribution >= 4 is 35.0 Å². The fraction of sp³-hybridized carbons (Fsp3) is 0.235. The molecule has 6 heteroatoms. The van der Waals surface area contributed by atoms with Gasteiger partial charge in [0.2, 0.25) is 11.8 Å². The van der Waals surface area contributed by atoms with E-state index in [2.05, 4.69) is 15.6 Å². The molecule has 2 N–H and O–H groups in total. The number of carbonyl (C=O) groups excluding carboxylic acids is 2. The van der Waals surface area contributed by atoms with Crippen molar-refractivity contribution in [1.82, 2.24) is 4.98 Å². The number of nitrogens with zero attached hydrogens (tertiary/aromatic N) is 1. The standard InChI is InChI=1S/C17H17N3O2S/c1-10-7-13(5-6-18-10)19-16(21)9-12-3-4-15-14(8-12)20-17(22)11(2)23-15/h3-8,11H,9H2,1-2H3,(H,20,22)(H,18,19,21). The Morgan fingerprint density at radius 1 is 1.35 bits per heavy atom. The van der Waals surface area contributed by atoms with Gasteiger partial charge in [0.15, 0.2) is 0 Å². The number of carbonyl (C=O) groups is 2. The third kappa shape index (κ3) is 3.71. The second kappa shape index (κ2) is 6.42. The lowest BCUT2D eigenvalue weighted by Gasteiger charge is -2.21. The fourth-order valence-electron chi connectivity index (χ4n) is 2.38. The monoisotopic (exact) mass is 327 g/mol. The van der Waals surface area contributed by atoms with Crippen molar-refractivity contribution in [3.8, 4) is 0 Å². The molecule has 0 aliphatic carbocycles. The van der Waals surface area contributed by atoms with Gasteiger partial charge in [0, 0.05) is 22.5 Å². The molecule has 0 radical (unpaired) electrons. The van der Waals surface area contributed by atoms with Crippen LogP contribution in [0.4, 0.5) is 11.4 Å². The van der Waals surface area contributed by atoms with E-state index in [1.54, 1.807) is 12.3 Å². The number of fused-ring (bicyclic) bond motifs is 1. The van der Waals surface area contributed by atoms with E-state index in [4.69, 9.17) is 0 Å². The van der Waals surface area contributed by atoms with E-state index in [1.807, 2.05) is 38.1 Å². The number of anilines is 2. The second-order valence-electron chi connectivity index (χ2n) is 5.49. The molecule has 2 heterocycles. The lowest BCUT2D eigenvalue weighted by atomic mass is 10.1. The summed E-state index contributed by atoms with van der Waals surface area (Å²) >= 11 is 1.53. The first-order valence-electron chi connectivity index (χ1n) is 7.34. The van der Waals surface area contributed by atoms with Gasteiger partial charge in [-0.15, -0.1) is 11.8 Å². The highest BCUT2D eigenvalue weighted by Crippen LogP contribution is 2.36. The summed E-state index contributed by atoms with van der Waals surface area (Å²) in [6.07, 6.45) is 1.92. The largest absolute Gasteiger partial charge is 0.326 e. The third-order valence-electron chi connectivity index (χ3n) is 3.52. The molecular weight excluding hydrogens is 310 g/mol. The zero-order valence-electron chi connectivity index (χ0n) is 12.9. The summed E-state index contributed by atoms with van der Waals surface area (Å²) in [7, 11) is 0. The van der Waals surface area contributed by atoms with E-state index < -0.39 is 0 Å². The highest BCUT2D eigenvalue weighted by molar-refractivity contribution is 8.00. The maximum Gasteiger partial charge on any atom is 0.237 e. The maximum atomic E-state index is 12.2. The molecular formula is C17H17N3O2S. The van der Waals surface area contributed by atoms with E-state index in [1.165, 1.54) is 11.8 Å². The van der Waals surface area contributed by atoms with Crippen LogP contribution in [-0.2, 0) is 16.0 Å². The first kappa shape index (κ1) is 15.6. The van der Waals surface area contributed by atoms with Gasteiger partial charge in [0.1, 0.15) is 0 Å². The quantitative estimate of drug-likeness (QED) is 0.909. The highest BCUT2D eigenvalue weighted by Gasteiger charge is 2.23. The van der Waals surface area contributed by atoms with E-state index in [-0.39, 0.29) is 23.5 Å². The zero-order chi connectivity index (χ0) is 16.4. The molecule has 5 nitrogen and oxygen atoms in total. The molecule has 1 aliphatic heterocycles. The Bertz CT molecular complexity index is 776. The summed E-state index contributed by atoms with van der Waals surface area (Å²) in [6.45, 7) is 3.75. The van der Waals surface area contributed by atoms with Crippen molar-refractivity contribution in [2.45, 2.75) is 30.4 Å². The summed E-state index contributed by atoms with van der Waals surface area (Å²) in [5, 5.41) is 5.65. The van der Waals surface area contributed by atoms with Gasteiger partial charge in [-0.3, -0.25) is 14.6 Å². The normalized spacial score (nSPS) is 16.4. The van der Waals surface area contributed by atoms with Crippen LogP contribution in [0.5, 0.6) is 0 Å². The van der Waals surface area contributed by atoms with Crippen LogP contribution in [0.2, 0.25) is 0 Å². The van der Waals surface area contributed by atoms with Crippen LogP contribution in [0.1, 0.15) is 18.2 Å². The number of hydrogen-bond donors (Lipinski definition) is 2. The van der Waals surface area contributed by atoms with E-state index in [0.717, 1.165) is 27.5 Å². The number of benzene rings is 1. The summed E-state index contributed by atoms with van der Waals surface area (Å²) in [5.74, 6) is -0.102. The van der Waals surface area contributed by atoms with E-state index >= 15 is 0 Å². The SMILES string of the molecule is Cc1cc(NC(=O)Cc2ccc3c(c2)NC(=O)C(C)S3)ccn1. The minimum atomic E-state index is -0.0984. The van der Waals surface area contributed by atoms with Gasteiger partial charge >= 0.3 is 0 Å². The van der Waals surface area contributed by atoms with E-state index in [0.29, 0.717) is 0 Å². The number of aryl methyl sites for hydroxylation is 1. The first-order chi connectivity index (χ1) is 11.0. The number of thioether (sulfide) groups is 1. The Balaban J connectivity index is 1.70. The van der Waals surface area contributed by atoms with Crippen molar-refractivity contribution in [2.75, 3.05) is 10.6 Å². The third-order valence-corrected chi connectivity index (χ3v) is 4.70. The zero-order valence-corrected chi connectivity index (χ0v) is 13.7. The number of rotatable bonds is 3. The number of hydrogen-bond acceptors (Lipinski definition) is 4. The van der Waals surface area contributed by atoms with Gasteiger partial charge in [-0.05, 0) is 43.7 Å². The van der Waals surface area contributed by atoms with Gasteiger partial charge < -0.3 is 10.6 Å². The molecule has 1 aromatic heterocycles. The molecule has 0 bridgehead atoms. The topological polar surface area (TPSA) is 71.1 Å². The average molecular weight is 327 g/mol. The lowest BCUT2D eigenvalue weighted by Crippen LogP contribution is -2.26. The lowest BCUT2D eigenvalue weighted by molar-refractivity contribution is -0.116. The number of aromatic nitrogens is 1. The van der Waals surface area contributed by atoms with Crippen LogP contribution in [-0.4, -0.2) is 22.0 Å². The minimum Gasteiger partial charge on any atom is -0.326 e. The van der Waals surface area contributed by atoms with Crippen molar-refractivity contribution in [3.05, 3.63) is 47.8 Å². The predicted molar refractivity (Wildman–Crippen MR) is 91.7 cm³/mol. The van der Waals surface area contributed by atoms with Crippen LogP contribution < -0.4 is 10.6 Å². The molecule has 118 valence electrons. The summed E-state index contributed by atoms with van der Waals surface area (Å²) < 4.78 is 0. The summed E-state index contributed by atoms with van der Waals surface area (Å²) in [6, 6.07) is 9.32. The Kier molecular flexibility index (Phi) is 4.34. The molecule has 1 aliphatic rings. The second-order valence-corrected chi connectivity index (χ2v) is 6.87. The van der Waals surface area contributed by atoms with Gasteiger partial charge in [-0.25, -0.2) is 0 Å². The molecule has 0 spiro atoms. The molecule has 0 saturated carbocycles. The molecule has 2 aromatic rings. The number of pyridine rings is 1. The highest BCUT2D eigenvalue weighted by atomic mass is 32.2. The molecule has 23 heavy (non-hydrogen) atoms. The molecule has 0 fully saturated rings. The van der Waals surface area contributed by atoms with Crippen molar-refractivity contribution in [1.29, 1.82) is 0 Å². The minimum absolute atomic E-state index is 0.00337. The van der Waals surface area contributed by atoms with Crippen LogP contribution in [0.25, 0.3) is 0 Å². The van der Waals surface area contributed by atoms with Crippen molar-refractivity contribution in [2.24, 2.45) is 0 Å². The molecule has 1 atom stereocenters. The fourth-order valence-corrected chi connectivity index (χ4v) is 3.31. The molecule has 1 unspecified atom stereocenters.